The van der Waals surface area contributed by atoms with Crippen LogP contribution in [0.5, 0.6) is 0 Å². The second-order valence-corrected chi connectivity index (χ2v) is 7.79. The molecule has 1 saturated heterocycles. The quantitative estimate of drug-likeness (QED) is 0.558. The molecule has 0 radical (unpaired) electrons. The van der Waals surface area contributed by atoms with Crippen LogP contribution in [-0.4, -0.2) is 34.9 Å². The van der Waals surface area contributed by atoms with E-state index in [1.807, 2.05) is 12.1 Å². The molecule has 3 aromatic rings. The summed E-state index contributed by atoms with van der Waals surface area (Å²) >= 11 is 0. The maximum absolute atomic E-state index is 12.9. The minimum Gasteiger partial charge on any atom is -0.318 e. The second-order valence-electron chi connectivity index (χ2n) is 7.79. The zero-order chi connectivity index (χ0) is 19.5. The lowest BCUT2D eigenvalue weighted by Gasteiger charge is -2.25. The fourth-order valence-corrected chi connectivity index (χ4v) is 4.28. The van der Waals surface area contributed by atoms with Crippen LogP contribution in [0.15, 0.2) is 60.7 Å². The van der Waals surface area contributed by atoms with Gasteiger partial charge in [0.05, 0.1) is 6.54 Å². The largest absolute Gasteiger partial charge is 0.318 e. The first-order chi connectivity index (χ1) is 13.6. The number of benzene rings is 2. The van der Waals surface area contributed by atoms with Crippen molar-refractivity contribution in [1.82, 2.24) is 9.47 Å². The van der Waals surface area contributed by atoms with Gasteiger partial charge in [-0.25, -0.2) is 0 Å². The highest BCUT2D eigenvalue weighted by Gasteiger charge is 2.20. The van der Waals surface area contributed by atoms with Crippen LogP contribution < -0.4 is 0 Å². The lowest BCUT2D eigenvalue weighted by Crippen LogP contribution is -2.34. The average molecular weight is 373 g/mol. The van der Waals surface area contributed by atoms with Crippen molar-refractivity contribution in [2.24, 2.45) is 0 Å². The molecular formula is C25H28N2O. The monoisotopic (exact) mass is 372 g/mol. The van der Waals surface area contributed by atoms with Gasteiger partial charge in [0, 0.05) is 22.6 Å². The number of rotatable bonds is 5. The molecule has 3 heteroatoms. The number of likely N-dealkylation sites (tertiary alicyclic amines) is 1. The number of carbonyl (C=O) groups excluding carboxylic acids is 1. The third-order valence-corrected chi connectivity index (χ3v) is 5.78. The molecule has 0 bridgehead atoms. The molecule has 4 rings (SSSR count). The van der Waals surface area contributed by atoms with E-state index in [1.165, 1.54) is 30.4 Å². The van der Waals surface area contributed by atoms with Crippen LogP contribution in [0.25, 0.3) is 16.8 Å². The number of Topliss-reactive ketones (excluding diaryl/α,β-unsaturated/α-hetero) is 1. The maximum Gasteiger partial charge on any atom is 0.178 e. The Hall–Kier alpha value is -2.65. The number of ketones is 1. The molecule has 2 aromatic carbocycles. The van der Waals surface area contributed by atoms with Crippen molar-refractivity contribution < 1.29 is 4.79 Å². The number of hydrogen-bond acceptors (Lipinski definition) is 2. The van der Waals surface area contributed by atoms with Crippen molar-refractivity contribution in [1.29, 1.82) is 0 Å². The lowest BCUT2D eigenvalue weighted by molar-refractivity contribution is 0.0915. The van der Waals surface area contributed by atoms with Gasteiger partial charge in [-0.15, -0.1) is 0 Å². The summed E-state index contributed by atoms with van der Waals surface area (Å²) in [5.74, 6) is 0.238. The SMILES string of the molecule is Cc1cc(C(=O)CN2CCCCC2)c(C)n1-c1ccc(-c2ccccc2)cc1. The highest BCUT2D eigenvalue weighted by Crippen LogP contribution is 2.25. The molecule has 2 heterocycles. The molecule has 0 unspecified atom stereocenters. The second kappa shape index (κ2) is 8.15. The van der Waals surface area contributed by atoms with Crippen LogP contribution in [0.1, 0.15) is 41.0 Å². The third-order valence-electron chi connectivity index (χ3n) is 5.78. The Bertz CT molecular complexity index is 948. The average Bonchev–Trinajstić information content (AvgIpc) is 3.04. The Morgan fingerprint density at radius 1 is 0.857 bits per heavy atom. The summed E-state index contributed by atoms with van der Waals surface area (Å²) < 4.78 is 2.19. The number of carbonyl (C=O) groups is 1. The Labute approximate surface area is 167 Å². The molecule has 28 heavy (non-hydrogen) atoms. The molecule has 0 N–H and O–H groups in total. The molecule has 0 aliphatic carbocycles. The van der Waals surface area contributed by atoms with Crippen molar-refractivity contribution in [2.45, 2.75) is 33.1 Å². The molecule has 0 saturated carbocycles. The smallest absolute Gasteiger partial charge is 0.178 e. The zero-order valence-corrected chi connectivity index (χ0v) is 16.8. The number of aryl methyl sites for hydroxylation is 1. The molecule has 144 valence electrons. The van der Waals surface area contributed by atoms with Crippen molar-refractivity contribution in [3.63, 3.8) is 0 Å². The summed E-state index contributed by atoms with van der Waals surface area (Å²) in [6.45, 7) is 6.77. The number of piperidine rings is 1. The summed E-state index contributed by atoms with van der Waals surface area (Å²) in [6, 6.07) is 21.0. The first-order valence-electron chi connectivity index (χ1n) is 10.2. The third kappa shape index (κ3) is 3.81. The van der Waals surface area contributed by atoms with Gasteiger partial charge in [0.15, 0.2) is 5.78 Å². The summed E-state index contributed by atoms with van der Waals surface area (Å²) in [5, 5.41) is 0. The fourth-order valence-electron chi connectivity index (χ4n) is 4.28. The van der Waals surface area contributed by atoms with Crippen LogP contribution in [0.4, 0.5) is 0 Å². The van der Waals surface area contributed by atoms with Crippen LogP contribution in [0.3, 0.4) is 0 Å². The van der Waals surface area contributed by atoms with E-state index in [-0.39, 0.29) is 5.78 Å². The highest BCUT2D eigenvalue weighted by atomic mass is 16.1. The molecule has 1 aliphatic heterocycles. The Kier molecular flexibility index (Phi) is 5.45. The van der Waals surface area contributed by atoms with Gasteiger partial charge in [0.1, 0.15) is 0 Å². The van der Waals surface area contributed by atoms with Crippen molar-refractivity contribution in [3.05, 3.63) is 77.6 Å². The highest BCUT2D eigenvalue weighted by molar-refractivity contribution is 5.99. The van der Waals surface area contributed by atoms with Gasteiger partial charge in [-0.3, -0.25) is 9.69 Å². The molecule has 1 aliphatic rings. The van der Waals surface area contributed by atoms with Gasteiger partial charge in [-0.1, -0.05) is 48.9 Å². The van der Waals surface area contributed by atoms with E-state index >= 15 is 0 Å². The summed E-state index contributed by atoms with van der Waals surface area (Å²) in [4.78, 5) is 15.2. The predicted octanol–water partition coefficient (Wildman–Crippen LogP) is 5.43. The molecule has 0 atom stereocenters. The molecule has 1 aromatic heterocycles. The number of aromatic nitrogens is 1. The van der Waals surface area contributed by atoms with E-state index in [9.17, 15) is 4.79 Å². The molecule has 3 nitrogen and oxygen atoms in total. The summed E-state index contributed by atoms with van der Waals surface area (Å²) in [6.07, 6.45) is 3.71. The van der Waals surface area contributed by atoms with Crippen molar-refractivity contribution >= 4 is 5.78 Å². The van der Waals surface area contributed by atoms with Crippen LogP contribution >= 0.6 is 0 Å². The van der Waals surface area contributed by atoms with Gasteiger partial charge < -0.3 is 4.57 Å². The van der Waals surface area contributed by atoms with E-state index in [4.69, 9.17) is 0 Å². The van der Waals surface area contributed by atoms with Gasteiger partial charge in [-0.2, -0.15) is 0 Å². The molecular weight excluding hydrogens is 344 g/mol. The Balaban J connectivity index is 1.57. The minimum atomic E-state index is 0.238. The standard InChI is InChI=1S/C25H28N2O/c1-19-17-24(25(28)18-26-15-7-4-8-16-26)20(2)27(19)23-13-11-22(12-14-23)21-9-5-3-6-10-21/h3,5-6,9-14,17H,4,7-8,15-16,18H2,1-2H3. The van der Waals surface area contributed by atoms with Crippen molar-refractivity contribution in [2.75, 3.05) is 19.6 Å². The maximum atomic E-state index is 12.9. The van der Waals surface area contributed by atoms with Crippen LogP contribution in [0.2, 0.25) is 0 Å². The van der Waals surface area contributed by atoms with Gasteiger partial charge >= 0.3 is 0 Å². The molecule has 1 fully saturated rings. The van der Waals surface area contributed by atoms with E-state index in [0.717, 1.165) is 35.7 Å². The predicted molar refractivity (Wildman–Crippen MR) is 115 cm³/mol. The number of nitrogens with zero attached hydrogens (tertiary/aromatic N) is 2. The first kappa shape index (κ1) is 18.7. The van der Waals surface area contributed by atoms with Crippen LogP contribution in [-0.2, 0) is 0 Å². The van der Waals surface area contributed by atoms with Gasteiger partial charge in [0.25, 0.3) is 0 Å². The van der Waals surface area contributed by atoms with Gasteiger partial charge in [-0.05, 0) is 69.1 Å². The Morgan fingerprint density at radius 3 is 2.18 bits per heavy atom. The van der Waals surface area contributed by atoms with Crippen LogP contribution in [0, 0.1) is 13.8 Å². The summed E-state index contributed by atoms with van der Waals surface area (Å²) in [7, 11) is 0. The topological polar surface area (TPSA) is 25.2 Å². The van der Waals surface area contributed by atoms with E-state index in [2.05, 4.69) is 71.8 Å². The molecule has 0 spiro atoms. The van der Waals surface area contributed by atoms with E-state index < -0.39 is 0 Å². The van der Waals surface area contributed by atoms with E-state index in [0.29, 0.717) is 6.54 Å². The van der Waals surface area contributed by atoms with Gasteiger partial charge in [0.2, 0.25) is 0 Å². The zero-order valence-electron chi connectivity index (χ0n) is 16.8. The fraction of sp³-hybridized carbons (Fsp3) is 0.320. The minimum absolute atomic E-state index is 0.238. The Morgan fingerprint density at radius 2 is 1.50 bits per heavy atom. The number of hydrogen-bond donors (Lipinski definition) is 0. The van der Waals surface area contributed by atoms with E-state index in [1.54, 1.807) is 0 Å². The summed E-state index contributed by atoms with van der Waals surface area (Å²) in [5.41, 5.74) is 6.52. The van der Waals surface area contributed by atoms with Crippen molar-refractivity contribution in [3.8, 4) is 16.8 Å². The lowest BCUT2D eigenvalue weighted by atomic mass is 10.1. The first-order valence-corrected chi connectivity index (χ1v) is 10.2. The molecule has 0 amide bonds. The normalized spacial score (nSPS) is 14.9.